The number of rotatable bonds is 3. The number of aryl methyl sites for hydroxylation is 1. The Labute approximate surface area is 133 Å². The molecule has 0 unspecified atom stereocenters. The third-order valence-electron chi connectivity index (χ3n) is 2.92. The van der Waals surface area contributed by atoms with Gasteiger partial charge in [-0.25, -0.2) is 0 Å². The lowest BCUT2D eigenvalue weighted by molar-refractivity contribution is -0.115. The minimum atomic E-state index is -0.345. The van der Waals surface area contributed by atoms with Gasteiger partial charge in [0.2, 0.25) is 5.91 Å². The summed E-state index contributed by atoms with van der Waals surface area (Å²) in [4.78, 5) is 11.6. The SMILES string of the molecule is Cc1ccc(NC(=O)CC#N)c(-c2ccc(Cl)c(Cl)c2)c1. The summed E-state index contributed by atoms with van der Waals surface area (Å²) >= 11 is 12.0. The Hall–Kier alpha value is -2.02. The van der Waals surface area contributed by atoms with Crippen LogP contribution in [-0.4, -0.2) is 5.91 Å². The molecule has 0 aromatic heterocycles. The van der Waals surface area contributed by atoms with Crippen molar-refractivity contribution >= 4 is 34.8 Å². The van der Waals surface area contributed by atoms with Gasteiger partial charge in [-0.2, -0.15) is 5.26 Å². The largest absolute Gasteiger partial charge is 0.325 e. The van der Waals surface area contributed by atoms with Gasteiger partial charge < -0.3 is 5.32 Å². The van der Waals surface area contributed by atoms with E-state index < -0.39 is 0 Å². The molecule has 106 valence electrons. The Morgan fingerprint density at radius 1 is 1.19 bits per heavy atom. The zero-order chi connectivity index (χ0) is 15.4. The first kappa shape index (κ1) is 15.4. The van der Waals surface area contributed by atoms with Crippen molar-refractivity contribution in [3.05, 3.63) is 52.0 Å². The molecule has 0 heterocycles. The van der Waals surface area contributed by atoms with Crippen LogP contribution in [0.3, 0.4) is 0 Å². The van der Waals surface area contributed by atoms with Gasteiger partial charge >= 0.3 is 0 Å². The van der Waals surface area contributed by atoms with E-state index in [0.717, 1.165) is 16.7 Å². The second-order valence-corrected chi connectivity index (χ2v) is 5.38. The number of amides is 1. The minimum Gasteiger partial charge on any atom is -0.325 e. The van der Waals surface area contributed by atoms with E-state index in [0.29, 0.717) is 15.7 Å². The van der Waals surface area contributed by atoms with Gasteiger partial charge in [0.1, 0.15) is 6.42 Å². The Kier molecular flexibility index (Phi) is 4.85. The summed E-state index contributed by atoms with van der Waals surface area (Å²) in [5, 5.41) is 12.2. The van der Waals surface area contributed by atoms with Crippen LogP contribution in [-0.2, 0) is 4.79 Å². The molecule has 0 aliphatic carbocycles. The molecule has 0 atom stereocenters. The maximum absolute atomic E-state index is 11.6. The Morgan fingerprint density at radius 2 is 1.95 bits per heavy atom. The zero-order valence-corrected chi connectivity index (χ0v) is 12.8. The van der Waals surface area contributed by atoms with Crippen LogP contribution < -0.4 is 5.32 Å². The third kappa shape index (κ3) is 3.75. The van der Waals surface area contributed by atoms with Gasteiger partial charge in [0, 0.05) is 11.3 Å². The van der Waals surface area contributed by atoms with E-state index in [1.54, 1.807) is 12.1 Å². The highest BCUT2D eigenvalue weighted by atomic mass is 35.5. The lowest BCUT2D eigenvalue weighted by atomic mass is 10.0. The highest BCUT2D eigenvalue weighted by Gasteiger charge is 2.10. The van der Waals surface area contributed by atoms with Gasteiger partial charge in [0.15, 0.2) is 0 Å². The number of anilines is 1. The van der Waals surface area contributed by atoms with Gasteiger partial charge in [-0.15, -0.1) is 0 Å². The van der Waals surface area contributed by atoms with Crippen LogP contribution in [0.2, 0.25) is 10.0 Å². The molecule has 21 heavy (non-hydrogen) atoms. The van der Waals surface area contributed by atoms with Crippen LogP contribution >= 0.6 is 23.2 Å². The lowest BCUT2D eigenvalue weighted by Gasteiger charge is -2.12. The molecule has 0 fully saturated rings. The predicted octanol–water partition coefficient (Wildman–Crippen LogP) is 4.82. The fourth-order valence-corrected chi connectivity index (χ4v) is 2.23. The van der Waals surface area contributed by atoms with Gasteiger partial charge in [-0.05, 0) is 36.8 Å². The molecule has 1 amide bonds. The molecule has 0 saturated heterocycles. The van der Waals surface area contributed by atoms with Gasteiger partial charge in [-0.1, -0.05) is 40.9 Å². The average Bonchev–Trinajstić information content (AvgIpc) is 2.44. The summed E-state index contributed by atoms with van der Waals surface area (Å²) in [6.45, 7) is 1.96. The number of halogens is 2. The number of nitrogens with zero attached hydrogens (tertiary/aromatic N) is 1. The highest BCUT2D eigenvalue weighted by Crippen LogP contribution is 2.33. The number of hydrogen-bond donors (Lipinski definition) is 1. The molecule has 0 saturated carbocycles. The predicted molar refractivity (Wildman–Crippen MR) is 85.5 cm³/mol. The summed E-state index contributed by atoms with van der Waals surface area (Å²) < 4.78 is 0. The second kappa shape index (κ2) is 6.62. The number of nitriles is 1. The highest BCUT2D eigenvalue weighted by molar-refractivity contribution is 6.42. The molecule has 2 aromatic carbocycles. The lowest BCUT2D eigenvalue weighted by Crippen LogP contribution is -2.11. The van der Waals surface area contributed by atoms with Crippen molar-refractivity contribution in [2.75, 3.05) is 5.32 Å². The van der Waals surface area contributed by atoms with Crippen molar-refractivity contribution in [3.8, 4) is 17.2 Å². The topological polar surface area (TPSA) is 52.9 Å². The van der Waals surface area contributed by atoms with Crippen LogP contribution in [0.25, 0.3) is 11.1 Å². The van der Waals surface area contributed by atoms with E-state index in [9.17, 15) is 4.79 Å². The van der Waals surface area contributed by atoms with Crippen molar-refractivity contribution in [3.63, 3.8) is 0 Å². The van der Waals surface area contributed by atoms with Crippen molar-refractivity contribution in [2.45, 2.75) is 13.3 Å². The van der Waals surface area contributed by atoms with E-state index in [1.807, 2.05) is 37.3 Å². The van der Waals surface area contributed by atoms with Crippen molar-refractivity contribution in [2.24, 2.45) is 0 Å². The number of carbonyl (C=O) groups excluding carboxylic acids is 1. The van der Waals surface area contributed by atoms with Crippen LogP contribution in [0.4, 0.5) is 5.69 Å². The smallest absolute Gasteiger partial charge is 0.238 e. The summed E-state index contributed by atoms with van der Waals surface area (Å²) in [5.74, 6) is -0.345. The number of carbonyl (C=O) groups is 1. The zero-order valence-electron chi connectivity index (χ0n) is 11.3. The summed E-state index contributed by atoms with van der Waals surface area (Å²) in [5.41, 5.74) is 3.37. The van der Waals surface area contributed by atoms with Gasteiger partial charge in [-0.3, -0.25) is 4.79 Å². The molecule has 5 heteroatoms. The van der Waals surface area contributed by atoms with Gasteiger partial charge in [0.25, 0.3) is 0 Å². The van der Waals surface area contributed by atoms with Crippen LogP contribution in [0.1, 0.15) is 12.0 Å². The first-order valence-corrected chi connectivity index (χ1v) is 6.99. The third-order valence-corrected chi connectivity index (χ3v) is 3.66. The van der Waals surface area contributed by atoms with Crippen molar-refractivity contribution < 1.29 is 4.79 Å². The second-order valence-electron chi connectivity index (χ2n) is 4.56. The molecule has 0 bridgehead atoms. The minimum absolute atomic E-state index is 0.186. The fourth-order valence-electron chi connectivity index (χ4n) is 1.94. The number of nitrogens with one attached hydrogen (secondary N) is 1. The molecule has 3 nitrogen and oxygen atoms in total. The van der Waals surface area contributed by atoms with Crippen LogP contribution in [0.5, 0.6) is 0 Å². The quantitative estimate of drug-likeness (QED) is 0.881. The summed E-state index contributed by atoms with van der Waals surface area (Å²) in [6.07, 6.45) is -0.186. The first-order chi connectivity index (χ1) is 10.0. The molecule has 2 rings (SSSR count). The van der Waals surface area contributed by atoms with Crippen molar-refractivity contribution in [1.29, 1.82) is 5.26 Å². The molecule has 1 N–H and O–H groups in total. The fraction of sp³-hybridized carbons (Fsp3) is 0.125. The summed E-state index contributed by atoms with van der Waals surface area (Å²) in [6, 6.07) is 12.8. The molecule has 0 radical (unpaired) electrons. The van der Waals surface area contributed by atoms with Crippen molar-refractivity contribution in [1.82, 2.24) is 0 Å². The van der Waals surface area contributed by atoms with E-state index in [4.69, 9.17) is 28.5 Å². The molecular formula is C16H12Cl2N2O. The van der Waals surface area contributed by atoms with Gasteiger partial charge in [0.05, 0.1) is 16.1 Å². The summed E-state index contributed by atoms with van der Waals surface area (Å²) in [7, 11) is 0. The maximum Gasteiger partial charge on any atom is 0.238 e. The van der Waals surface area contributed by atoms with E-state index >= 15 is 0 Å². The average molecular weight is 319 g/mol. The monoisotopic (exact) mass is 318 g/mol. The molecular weight excluding hydrogens is 307 g/mol. The molecule has 0 aliphatic rings. The molecule has 2 aromatic rings. The van der Waals surface area contributed by atoms with Crippen LogP contribution in [0.15, 0.2) is 36.4 Å². The number of benzene rings is 2. The van der Waals surface area contributed by atoms with E-state index in [2.05, 4.69) is 5.32 Å². The van der Waals surface area contributed by atoms with E-state index in [-0.39, 0.29) is 12.3 Å². The number of hydrogen-bond acceptors (Lipinski definition) is 2. The van der Waals surface area contributed by atoms with E-state index in [1.165, 1.54) is 0 Å². The first-order valence-electron chi connectivity index (χ1n) is 6.24. The standard InChI is InChI=1S/C16H12Cl2N2O/c1-10-2-5-15(20-16(21)6-7-19)12(8-10)11-3-4-13(17)14(18)9-11/h2-5,8-9H,6H2,1H3,(H,20,21). The molecule has 0 spiro atoms. The maximum atomic E-state index is 11.6. The Balaban J connectivity index is 2.46. The Bertz CT molecular complexity index is 736. The Morgan fingerprint density at radius 3 is 2.62 bits per heavy atom. The molecule has 0 aliphatic heterocycles. The van der Waals surface area contributed by atoms with Crippen LogP contribution in [0, 0.1) is 18.3 Å². The normalized spacial score (nSPS) is 10.0.